The van der Waals surface area contributed by atoms with E-state index < -0.39 is 4.92 Å². The van der Waals surface area contributed by atoms with Gasteiger partial charge in [-0.2, -0.15) is 0 Å². The molecule has 0 aliphatic rings. The zero-order valence-electron chi connectivity index (χ0n) is 13.1. The molecule has 0 radical (unpaired) electrons. The number of nitro groups is 1. The van der Waals surface area contributed by atoms with Gasteiger partial charge in [0, 0.05) is 25.7 Å². The predicted octanol–water partition coefficient (Wildman–Crippen LogP) is 1.41. The Morgan fingerprint density at radius 1 is 1.30 bits per heavy atom. The van der Waals surface area contributed by atoms with Gasteiger partial charge < -0.3 is 16.4 Å². The standard InChI is InChI=1S/C14H22N6O3/c1-19(9-3-5-10(16)4-2-8-15)11-6-7-12(20(21)22)14-13(11)17-23-18-14/h6-7,10H,2-5,8-9,15-16H2,1H3. The maximum Gasteiger partial charge on any atom is 0.300 e. The Kier molecular flexibility index (Phi) is 5.83. The van der Waals surface area contributed by atoms with Crippen LogP contribution in [0.25, 0.3) is 11.0 Å². The lowest BCUT2D eigenvalue weighted by Crippen LogP contribution is -2.25. The molecule has 0 saturated carbocycles. The number of hydrogen-bond acceptors (Lipinski definition) is 8. The number of aromatic nitrogens is 2. The molecule has 1 heterocycles. The zero-order valence-corrected chi connectivity index (χ0v) is 13.1. The second-order valence-corrected chi connectivity index (χ2v) is 5.58. The number of anilines is 1. The van der Waals surface area contributed by atoms with Gasteiger partial charge in [-0.3, -0.25) is 10.1 Å². The Hall–Kier alpha value is -2.26. The first kappa shape index (κ1) is 17.1. The summed E-state index contributed by atoms with van der Waals surface area (Å²) < 4.78 is 4.67. The van der Waals surface area contributed by atoms with E-state index in [9.17, 15) is 10.1 Å². The van der Waals surface area contributed by atoms with Gasteiger partial charge in [-0.25, -0.2) is 4.63 Å². The second kappa shape index (κ2) is 7.84. The third-order valence-corrected chi connectivity index (χ3v) is 3.83. The minimum Gasteiger partial charge on any atom is -0.373 e. The van der Waals surface area contributed by atoms with Crippen LogP contribution in [0.15, 0.2) is 16.8 Å². The highest BCUT2D eigenvalue weighted by molar-refractivity contribution is 5.93. The molecule has 1 unspecified atom stereocenters. The molecule has 2 aromatic rings. The van der Waals surface area contributed by atoms with E-state index in [1.54, 1.807) is 6.07 Å². The van der Waals surface area contributed by atoms with E-state index in [0.29, 0.717) is 12.1 Å². The van der Waals surface area contributed by atoms with Crippen LogP contribution in [0.3, 0.4) is 0 Å². The van der Waals surface area contributed by atoms with Crippen molar-refractivity contribution >= 4 is 22.4 Å². The summed E-state index contributed by atoms with van der Waals surface area (Å²) >= 11 is 0. The lowest BCUT2D eigenvalue weighted by molar-refractivity contribution is -0.383. The summed E-state index contributed by atoms with van der Waals surface area (Å²) in [4.78, 5) is 12.5. The molecule has 0 bridgehead atoms. The van der Waals surface area contributed by atoms with Crippen molar-refractivity contribution in [3.63, 3.8) is 0 Å². The Labute approximate surface area is 133 Å². The molecule has 126 valence electrons. The second-order valence-electron chi connectivity index (χ2n) is 5.58. The van der Waals surface area contributed by atoms with E-state index in [1.165, 1.54) is 6.07 Å². The number of nitrogens with zero attached hydrogens (tertiary/aromatic N) is 4. The fourth-order valence-electron chi connectivity index (χ4n) is 2.53. The molecule has 1 aromatic heterocycles. The van der Waals surface area contributed by atoms with Crippen LogP contribution >= 0.6 is 0 Å². The third kappa shape index (κ3) is 4.14. The van der Waals surface area contributed by atoms with E-state index in [1.807, 2.05) is 11.9 Å². The van der Waals surface area contributed by atoms with Gasteiger partial charge in [-0.15, -0.1) is 0 Å². The number of fused-ring (bicyclic) bond motifs is 1. The van der Waals surface area contributed by atoms with Crippen molar-refractivity contribution in [2.24, 2.45) is 11.5 Å². The van der Waals surface area contributed by atoms with Gasteiger partial charge in [-0.1, -0.05) is 0 Å². The minimum absolute atomic E-state index is 0.109. The monoisotopic (exact) mass is 322 g/mol. The molecule has 0 saturated heterocycles. The van der Waals surface area contributed by atoms with E-state index in [-0.39, 0.29) is 17.2 Å². The molecule has 0 aliphatic carbocycles. The van der Waals surface area contributed by atoms with Gasteiger partial charge in [-0.05, 0) is 48.6 Å². The first-order valence-electron chi connectivity index (χ1n) is 7.61. The fourth-order valence-corrected chi connectivity index (χ4v) is 2.53. The molecular formula is C14H22N6O3. The highest BCUT2D eigenvalue weighted by Crippen LogP contribution is 2.30. The number of benzene rings is 1. The molecular weight excluding hydrogens is 300 g/mol. The molecule has 0 spiro atoms. The molecule has 1 atom stereocenters. The fraction of sp³-hybridized carbons (Fsp3) is 0.571. The summed E-state index contributed by atoms with van der Waals surface area (Å²) in [6.45, 7) is 1.42. The quantitative estimate of drug-likeness (QED) is 0.522. The maximum absolute atomic E-state index is 11.0. The molecule has 4 N–H and O–H groups in total. The van der Waals surface area contributed by atoms with Crippen LogP contribution in [0.4, 0.5) is 11.4 Å². The minimum atomic E-state index is -0.493. The van der Waals surface area contributed by atoms with E-state index >= 15 is 0 Å². The van der Waals surface area contributed by atoms with Crippen LogP contribution in [0, 0.1) is 10.1 Å². The van der Waals surface area contributed by atoms with Crippen LogP contribution in [-0.4, -0.2) is 41.4 Å². The van der Waals surface area contributed by atoms with Gasteiger partial charge in [0.05, 0.1) is 10.6 Å². The SMILES string of the molecule is CN(CCCC(N)CCCN)c1ccc([N+](=O)[O-])c2nonc12. The number of hydrogen-bond donors (Lipinski definition) is 2. The lowest BCUT2D eigenvalue weighted by atomic mass is 10.1. The Morgan fingerprint density at radius 3 is 2.70 bits per heavy atom. The lowest BCUT2D eigenvalue weighted by Gasteiger charge is -2.20. The molecule has 1 aromatic carbocycles. The van der Waals surface area contributed by atoms with Gasteiger partial charge in [0.15, 0.2) is 5.52 Å². The molecule has 0 aliphatic heterocycles. The summed E-state index contributed by atoms with van der Waals surface area (Å²) in [7, 11) is 1.90. The average molecular weight is 322 g/mol. The Morgan fingerprint density at radius 2 is 2.00 bits per heavy atom. The maximum atomic E-state index is 11.0. The first-order chi connectivity index (χ1) is 11.0. The van der Waals surface area contributed by atoms with Crippen LogP contribution < -0.4 is 16.4 Å². The van der Waals surface area contributed by atoms with E-state index in [4.69, 9.17) is 11.5 Å². The molecule has 2 rings (SSSR count). The topological polar surface area (TPSA) is 137 Å². The third-order valence-electron chi connectivity index (χ3n) is 3.83. The van der Waals surface area contributed by atoms with Gasteiger partial charge in [0.1, 0.15) is 0 Å². The normalized spacial score (nSPS) is 12.5. The number of rotatable bonds is 9. The van der Waals surface area contributed by atoms with E-state index in [0.717, 1.165) is 37.9 Å². The molecule has 0 fully saturated rings. The summed E-state index contributed by atoms with van der Waals surface area (Å²) in [6.07, 6.45) is 3.67. The van der Waals surface area contributed by atoms with Crippen molar-refractivity contribution in [3.8, 4) is 0 Å². The van der Waals surface area contributed by atoms with Crippen molar-refractivity contribution < 1.29 is 9.55 Å². The van der Waals surface area contributed by atoms with Crippen LogP contribution in [0.5, 0.6) is 0 Å². The van der Waals surface area contributed by atoms with Crippen molar-refractivity contribution in [1.82, 2.24) is 10.3 Å². The predicted molar refractivity (Wildman–Crippen MR) is 87.2 cm³/mol. The molecule has 9 nitrogen and oxygen atoms in total. The van der Waals surface area contributed by atoms with Crippen molar-refractivity contribution in [2.75, 3.05) is 25.0 Å². The molecule has 9 heteroatoms. The van der Waals surface area contributed by atoms with E-state index in [2.05, 4.69) is 14.9 Å². The smallest absolute Gasteiger partial charge is 0.300 e. The van der Waals surface area contributed by atoms with Gasteiger partial charge >= 0.3 is 5.69 Å². The summed E-state index contributed by atoms with van der Waals surface area (Å²) in [6, 6.07) is 3.24. The van der Waals surface area contributed by atoms with Crippen LogP contribution in [0.1, 0.15) is 25.7 Å². The summed E-state index contributed by atoms with van der Waals surface area (Å²) in [5, 5.41) is 18.4. The van der Waals surface area contributed by atoms with Crippen LogP contribution in [-0.2, 0) is 0 Å². The number of non-ortho nitro benzene ring substituents is 1. The largest absolute Gasteiger partial charge is 0.373 e. The average Bonchev–Trinajstić information content (AvgIpc) is 3.00. The number of nitro benzene ring substituents is 1. The van der Waals surface area contributed by atoms with Gasteiger partial charge in [0.2, 0.25) is 5.52 Å². The first-order valence-corrected chi connectivity index (χ1v) is 7.61. The summed E-state index contributed by atoms with van der Waals surface area (Å²) in [5.74, 6) is 0. The van der Waals surface area contributed by atoms with Gasteiger partial charge in [0.25, 0.3) is 0 Å². The van der Waals surface area contributed by atoms with Crippen molar-refractivity contribution in [3.05, 3.63) is 22.2 Å². The van der Waals surface area contributed by atoms with Crippen molar-refractivity contribution in [2.45, 2.75) is 31.7 Å². The van der Waals surface area contributed by atoms with Crippen molar-refractivity contribution in [1.29, 1.82) is 0 Å². The number of nitrogens with two attached hydrogens (primary N) is 2. The molecule has 0 amide bonds. The highest BCUT2D eigenvalue weighted by Gasteiger charge is 2.21. The Bertz CT molecular complexity index is 659. The molecule has 23 heavy (non-hydrogen) atoms. The summed E-state index contributed by atoms with van der Waals surface area (Å²) in [5.41, 5.74) is 12.7. The highest BCUT2D eigenvalue weighted by atomic mass is 16.6. The Balaban J connectivity index is 2.01. The van der Waals surface area contributed by atoms with Crippen LogP contribution in [0.2, 0.25) is 0 Å². The zero-order chi connectivity index (χ0) is 16.8.